The van der Waals surface area contributed by atoms with E-state index in [9.17, 15) is 9.59 Å². The topological polar surface area (TPSA) is 89.0 Å². The summed E-state index contributed by atoms with van der Waals surface area (Å²) in [6.07, 6.45) is 3.87. The van der Waals surface area contributed by atoms with Crippen molar-refractivity contribution in [1.82, 2.24) is 10.7 Å². The number of benzene rings is 2. The molecular weight excluding hydrogens is 390 g/mol. The molecule has 0 saturated carbocycles. The Kier molecular flexibility index (Phi) is 9.04. The Hall–Kier alpha value is -3.00. The molecule has 0 heterocycles. The number of hydrogen-bond donors (Lipinski definition) is 2. The Labute approximate surface area is 174 Å². The van der Waals surface area contributed by atoms with Gasteiger partial charge in [0, 0.05) is 11.4 Å². The Morgan fingerprint density at radius 2 is 1.76 bits per heavy atom. The average molecular weight is 416 g/mol. The highest BCUT2D eigenvalue weighted by Crippen LogP contribution is 2.27. The van der Waals surface area contributed by atoms with Gasteiger partial charge in [0.05, 0.1) is 20.4 Å². The van der Waals surface area contributed by atoms with Gasteiger partial charge in [-0.25, -0.2) is 5.43 Å². The van der Waals surface area contributed by atoms with Crippen molar-refractivity contribution in [1.29, 1.82) is 0 Å². The molecular formula is C21H25N3O4S. The molecule has 0 saturated heterocycles. The second-order valence-electron chi connectivity index (χ2n) is 6.03. The van der Waals surface area contributed by atoms with Gasteiger partial charge in [-0.2, -0.15) is 5.10 Å². The molecule has 0 atom stereocenters. The standard InChI is InChI=1S/C21H25N3O4S/c1-27-18-9-6-15(12-19(18)28-2)10-11-22-20(25)13-21(26)24-23-14-16-4-7-17(29-3)8-5-16/h4-9,12,14H,10-11,13H2,1-3H3,(H,22,25)(H,24,26)/b23-14+. The summed E-state index contributed by atoms with van der Waals surface area (Å²) in [5.74, 6) is 0.461. The Morgan fingerprint density at radius 1 is 1.03 bits per heavy atom. The second-order valence-corrected chi connectivity index (χ2v) is 6.91. The van der Waals surface area contributed by atoms with Crippen LogP contribution in [0.3, 0.4) is 0 Å². The van der Waals surface area contributed by atoms with Crippen LogP contribution in [0.4, 0.5) is 0 Å². The number of nitrogens with zero attached hydrogens (tertiary/aromatic N) is 1. The predicted molar refractivity (Wildman–Crippen MR) is 115 cm³/mol. The molecule has 0 bridgehead atoms. The first kappa shape index (κ1) is 22.3. The van der Waals surface area contributed by atoms with Gasteiger partial charge in [0.2, 0.25) is 11.8 Å². The number of methoxy groups -OCH3 is 2. The van der Waals surface area contributed by atoms with E-state index in [-0.39, 0.29) is 12.3 Å². The van der Waals surface area contributed by atoms with Crippen LogP contribution in [0.1, 0.15) is 17.5 Å². The Morgan fingerprint density at radius 3 is 2.41 bits per heavy atom. The van der Waals surface area contributed by atoms with E-state index in [1.807, 2.05) is 48.7 Å². The number of thioether (sulfide) groups is 1. The van der Waals surface area contributed by atoms with E-state index >= 15 is 0 Å². The van der Waals surface area contributed by atoms with E-state index in [1.54, 1.807) is 26.0 Å². The molecule has 2 aromatic carbocycles. The maximum atomic E-state index is 11.9. The molecule has 2 rings (SSSR count). The van der Waals surface area contributed by atoms with Gasteiger partial charge in [0.15, 0.2) is 11.5 Å². The van der Waals surface area contributed by atoms with Gasteiger partial charge in [-0.05, 0) is 48.1 Å². The first-order valence-corrected chi connectivity index (χ1v) is 10.2. The summed E-state index contributed by atoms with van der Waals surface area (Å²) in [4.78, 5) is 24.9. The maximum absolute atomic E-state index is 11.9. The fourth-order valence-electron chi connectivity index (χ4n) is 2.50. The van der Waals surface area contributed by atoms with Gasteiger partial charge in [-0.1, -0.05) is 18.2 Å². The summed E-state index contributed by atoms with van der Waals surface area (Å²) >= 11 is 1.65. The van der Waals surface area contributed by atoms with E-state index in [1.165, 1.54) is 6.21 Å². The van der Waals surface area contributed by atoms with E-state index in [4.69, 9.17) is 9.47 Å². The van der Waals surface area contributed by atoms with Gasteiger partial charge in [-0.15, -0.1) is 11.8 Å². The average Bonchev–Trinajstić information content (AvgIpc) is 2.74. The van der Waals surface area contributed by atoms with Crippen molar-refractivity contribution in [3.8, 4) is 11.5 Å². The van der Waals surface area contributed by atoms with Crippen molar-refractivity contribution in [2.24, 2.45) is 5.10 Å². The number of rotatable bonds is 10. The van der Waals surface area contributed by atoms with Crippen molar-refractivity contribution in [3.05, 3.63) is 53.6 Å². The molecule has 2 amide bonds. The lowest BCUT2D eigenvalue weighted by Gasteiger charge is -2.10. The summed E-state index contributed by atoms with van der Waals surface area (Å²) in [7, 11) is 3.15. The van der Waals surface area contributed by atoms with Crippen molar-refractivity contribution in [3.63, 3.8) is 0 Å². The van der Waals surface area contributed by atoms with E-state index in [0.29, 0.717) is 24.5 Å². The first-order chi connectivity index (χ1) is 14.0. The van der Waals surface area contributed by atoms with Crippen LogP contribution in [0, 0.1) is 0 Å². The highest BCUT2D eigenvalue weighted by molar-refractivity contribution is 7.98. The maximum Gasteiger partial charge on any atom is 0.249 e. The summed E-state index contributed by atoms with van der Waals surface area (Å²) in [5, 5.41) is 6.60. The number of amides is 2. The first-order valence-electron chi connectivity index (χ1n) is 8.99. The monoisotopic (exact) mass is 415 g/mol. The van der Waals surface area contributed by atoms with Crippen molar-refractivity contribution in [2.45, 2.75) is 17.7 Å². The lowest BCUT2D eigenvalue weighted by atomic mass is 10.1. The number of ether oxygens (including phenoxy) is 2. The third-order valence-corrected chi connectivity index (χ3v) is 4.77. The van der Waals surface area contributed by atoms with Gasteiger partial charge in [-0.3, -0.25) is 9.59 Å². The Bertz CT molecular complexity index is 854. The van der Waals surface area contributed by atoms with Crippen molar-refractivity contribution < 1.29 is 19.1 Å². The zero-order valence-electron chi connectivity index (χ0n) is 16.7. The minimum Gasteiger partial charge on any atom is -0.493 e. The van der Waals surface area contributed by atoms with Crippen LogP contribution >= 0.6 is 11.8 Å². The molecule has 0 radical (unpaired) electrons. The largest absolute Gasteiger partial charge is 0.493 e. The smallest absolute Gasteiger partial charge is 0.249 e. The third kappa shape index (κ3) is 7.50. The number of nitrogens with one attached hydrogen (secondary N) is 2. The van der Waals surface area contributed by atoms with Crippen LogP contribution in [0.25, 0.3) is 0 Å². The molecule has 0 unspecified atom stereocenters. The van der Waals surface area contributed by atoms with Crippen LogP contribution in [-0.4, -0.2) is 45.0 Å². The molecule has 154 valence electrons. The minimum absolute atomic E-state index is 0.283. The lowest BCUT2D eigenvalue weighted by Crippen LogP contribution is -2.31. The zero-order chi connectivity index (χ0) is 21.1. The van der Waals surface area contributed by atoms with Crippen LogP contribution in [0.15, 0.2) is 52.5 Å². The SMILES string of the molecule is COc1ccc(CCNC(=O)CC(=O)N/N=C/c2ccc(SC)cc2)cc1OC. The zero-order valence-corrected chi connectivity index (χ0v) is 17.5. The molecule has 0 aromatic heterocycles. The van der Waals surface area contributed by atoms with Crippen LogP contribution < -0.4 is 20.2 Å². The van der Waals surface area contributed by atoms with Gasteiger partial charge < -0.3 is 14.8 Å². The molecule has 29 heavy (non-hydrogen) atoms. The van der Waals surface area contributed by atoms with Gasteiger partial charge in [0.25, 0.3) is 0 Å². The number of hydrazone groups is 1. The van der Waals surface area contributed by atoms with Gasteiger partial charge >= 0.3 is 0 Å². The number of carbonyl (C=O) groups is 2. The summed E-state index contributed by atoms with van der Waals surface area (Å²) in [6.45, 7) is 0.409. The predicted octanol–water partition coefficient (Wildman–Crippen LogP) is 2.62. The molecule has 0 aliphatic heterocycles. The molecule has 0 aliphatic carbocycles. The molecule has 0 spiro atoms. The van der Waals surface area contributed by atoms with Crippen molar-refractivity contribution in [2.75, 3.05) is 27.0 Å². The second kappa shape index (κ2) is 11.8. The molecule has 2 N–H and O–H groups in total. The number of hydrogen-bond acceptors (Lipinski definition) is 6. The lowest BCUT2D eigenvalue weighted by molar-refractivity contribution is -0.129. The normalized spacial score (nSPS) is 10.6. The van der Waals surface area contributed by atoms with Crippen LogP contribution in [0.5, 0.6) is 11.5 Å². The minimum atomic E-state index is -0.467. The van der Waals surface area contributed by atoms with Crippen LogP contribution in [-0.2, 0) is 16.0 Å². The fraction of sp³-hybridized carbons (Fsp3) is 0.286. The summed E-state index contributed by atoms with van der Waals surface area (Å²) in [6, 6.07) is 13.3. The van der Waals surface area contributed by atoms with Crippen LogP contribution in [0.2, 0.25) is 0 Å². The van der Waals surface area contributed by atoms with E-state index < -0.39 is 5.91 Å². The van der Waals surface area contributed by atoms with Crippen molar-refractivity contribution >= 4 is 29.8 Å². The summed E-state index contributed by atoms with van der Waals surface area (Å²) in [5.41, 5.74) is 4.21. The summed E-state index contributed by atoms with van der Waals surface area (Å²) < 4.78 is 10.5. The highest BCUT2D eigenvalue weighted by atomic mass is 32.2. The highest BCUT2D eigenvalue weighted by Gasteiger charge is 2.09. The fourth-order valence-corrected chi connectivity index (χ4v) is 2.91. The quantitative estimate of drug-likeness (QED) is 0.270. The third-order valence-electron chi connectivity index (χ3n) is 4.02. The number of carbonyl (C=O) groups excluding carboxylic acids is 2. The van der Waals surface area contributed by atoms with E-state index in [0.717, 1.165) is 16.0 Å². The van der Waals surface area contributed by atoms with E-state index in [2.05, 4.69) is 15.8 Å². The molecule has 0 fully saturated rings. The van der Waals surface area contributed by atoms with Gasteiger partial charge in [0.1, 0.15) is 6.42 Å². The molecule has 2 aromatic rings. The molecule has 8 heteroatoms. The Balaban J connectivity index is 1.71. The molecule has 0 aliphatic rings. The molecule has 7 nitrogen and oxygen atoms in total.